The number of carbonyl (C=O) groups excluding carboxylic acids is 1. The Morgan fingerprint density at radius 1 is 0.923 bits per heavy atom. The van der Waals surface area contributed by atoms with Crippen molar-refractivity contribution in [2.24, 2.45) is 4.99 Å². The molecule has 0 spiro atoms. The van der Waals surface area contributed by atoms with Crippen LogP contribution in [0.1, 0.15) is 48.4 Å². The number of anilines is 2. The molecule has 1 saturated heterocycles. The third kappa shape index (κ3) is 4.72. The van der Waals surface area contributed by atoms with Crippen molar-refractivity contribution < 1.29 is 13.9 Å². The molecule has 2 aromatic heterocycles. The molecule has 2 fully saturated rings. The first-order chi connectivity index (χ1) is 19.2. The molecule has 4 aromatic rings. The maximum absolute atomic E-state index is 13.3. The third-order valence-electron chi connectivity index (χ3n) is 7.61. The van der Waals surface area contributed by atoms with E-state index in [4.69, 9.17) is 19.2 Å². The van der Waals surface area contributed by atoms with Crippen molar-refractivity contribution in [3.63, 3.8) is 0 Å². The van der Waals surface area contributed by atoms with Crippen molar-refractivity contribution in [3.8, 4) is 11.5 Å². The summed E-state index contributed by atoms with van der Waals surface area (Å²) < 4.78 is 13.6. The second kappa shape index (κ2) is 10.1. The molecule has 4 heterocycles. The first kappa shape index (κ1) is 23.8. The van der Waals surface area contributed by atoms with Crippen molar-refractivity contribution >= 4 is 23.3 Å². The van der Waals surface area contributed by atoms with Gasteiger partial charge in [0, 0.05) is 30.4 Å². The van der Waals surface area contributed by atoms with E-state index in [0.29, 0.717) is 24.4 Å². The van der Waals surface area contributed by atoms with Crippen molar-refractivity contribution in [2.45, 2.75) is 50.4 Å². The zero-order valence-corrected chi connectivity index (χ0v) is 21.4. The number of Topliss-reactive ketones (excluding diaryl/α,β-unsaturated/α-hetero) is 1. The monoisotopic (exact) mass is 523 g/mol. The lowest BCUT2D eigenvalue weighted by Crippen LogP contribution is -2.29. The highest BCUT2D eigenvalue weighted by molar-refractivity contribution is 6.16. The minimum absolute atomic E-state index is 0.0745. The molecule has 7 rings (SSSR count). The summed E-state index contributed by atoms with van der Waals surface area (Å²) in [6.45, 7) is 1.37. The van der Waals surface area contributed by atoms with Crippen LogP contribution in [0, 0.1) is 0 Å². The fraction of sp³-hybridized carbons (Fsp3) is 0.345. The summed E-state index contributed by atoms with van der Waals surface area (Å²) in [4.78, 5) is 18.2. The number of benzene rings is 2. The fourth-order valence-corrected chi connectivity index (χ4v) is 5.24. The van der Waals surface area contributed by atoms with Crippen LogP contribution in [0.2, 0.25) is 0 Å². The largest absolute Gasteiger partial charge is 0.403 e. The van der Waals surface area contributed by atoms with Gasteiger partial charge in [0.05, 0.1) is 24.4 Å². The topological polar surface area (TPSA) is 119 Å². The normalized spacial score (nSPS) is 21.1. The summed E-state index contributed by atoms with van der Waals surface area (Å²) in [6.07, 6.45) is 5.69. The van der Waals surface area contributed by atoms with Crippen LogP contribution < -0.4 is 10.6 Å². The number of ether oxygens (including phenoxy) is 1. The van der Waals surface area contributed by atoms with Gasteiger partial charge in [-0.05, 0) is 31.2 Å². The van der Waals surface area contributed by atoms with E-state index < -0.39 is 6.17 Å². The van der Waals surface area contributed by atoms with Crippen molar-refractivity contribution in [2.75, 3.05) is 23.8 Å². The molecule has 39 heavy (non-hydrogen) atoms. The predicted octanol–water partition coefficient (Wildman–Crippen LogP) is 4.26. The third-order valence-corrected chi connectivity index (χ3v) is 7.61. The Morgan fingerprint density at radius 3 is 2.56 bits per heavy atom. The van der Waals surface area contributed by atoms with Crippen LogP contribution in [0.3, 0.4) is 0 Å². The van der Waals surface area contributed by atoms with Crippen molar-refractivity contribution in [1.29, 1.82) is 0 Å². The Morgan fingerprint density at radius 2 is 1.77 bits per heavy atom. The highest BCUT2D eigenvalue weighted by Gasteiger charge is 2.29. The molecule has 1 aliphatic carbocycles. The molecule has 2 atom stereocenters. The van der Waals surface area contributed by atoms with Gasteiger partial charge in [0.25, 0.3) is 5.89 Å². The zero-order valence-electron chi connectivity index (χ0n) is 21.4. The van der Waals surface area contributed by atoms with Crippen LogP contribution >= 0.6 is 0 Å². The summed E-state index contributed by atoms with van der Waals surface area (Å²) in [5.74, 6) is 0.966. The molecule has 3 aliphatic rings. The molecule has 2 aliphatic heterocycles. The lowest BCUT2D eigenvalue weighted by Gasteiger charge is -2.25. The Labute approximate surface area is 225 Å². The highest BCUT2D eigenvalue weighted by atomic mass is 16.5. The van der Waals surface area contributed by atoms with Gasteiger partial charge < -0.3 is 19.8 Å². The predicted molar refractivity (Wildman–Crippen MR) is 146 cm³/mol. The standard InChI is InChI=1S/C29H29N7O3/c37-24-15-19-9-4-5-12-22(19)25(18-7-2-1-3-8-18)31-27(24)32-29-34-33-28(39-29)23-16-36(21-10-6-11-21)35-26(23)30-20-13-14-38-17-20/h1-5,7-9,12,16,20-21,27H,6,10-11,13-15,17H2,(H,30,35)(H,32,34)/t20-,27-/m1/s1. The fourth-order valence-electron chi connectivity index (χ4n) is 5.24. The number of nitrogens with zero attached hydrogens (tertiary/aromatic N) is 5. The molecule has 0 bridgehead atoms. The minimum Gasteiger partial charge on any atom is -0.403 e. The number of aliphatic imine (C=N–C) groups is 1. The van der Waals surface area contributed by atoms with Gasteiger partial charge in [0.1, 0.15) is 5.56 Å². The highest BCUT2D eigenvalue weighted by Crippen LogP contribution is 2.36. The minimum atomic E-state index is -0.869. The van der Waals surface area contributed by atoms with Gasteiger partial charge in [-0.2, -0.15) is 5.10 Å². The van der Waals surface area contributed by atoms with E-state index in [-0.39, 0.29) is 24.3 Å². The van der Waals surface area contributed by atoms with E-state index >= 15 is 0 Å². The molecule has 1 saturated carbocycles. The SMILES string of the molecule is O=C1Cc2ccccc2C(c2ccccc2)=N[C@@H]1Nc1nnc(-c2cn(C3CCC3)nc2N[C@@H]2CCOC2)o1. The Balaban J connectivity index is 1.19. The summed E-state index contributed by atoms with van der Waals surface area (Å²) in [7, 11) is 0. The summed E-state index contributed by atoms with van der Waals surface area (Å²) in [5, 5.41) is 19.9. The van der Waals surface area contributed by atoms with E-state index in [2.05, 4.69) is 20.8 Å². The van der Waals surface area contributed by atoms with Crippen LogP contribution in [0.5, 0.6) is 0 Å². The van der Waals surface area contributed by atoms with Gasteiger partial charge in [-0.15, -0.1) is 5.10 Å². The van der Waals surface area contributed by atoms with Gasteiger partial charge >= 0.3 is 6.01 Å². The number of hydrogen-bond acceptors (Lipinski definition) is 9. The smallest absolute Gasteiger partial charge is 0.317 e. The van der Waals surface area contributed by atoms with Crippen LogP contribution in [-0.2, 0) is 16.0 Å². The summed E-state index contributed by atoms with van der Waals surface area (Å²) in [6, 6.07) is 18.5. The average molecular weight is 524 g/mol. The van der Waals surface area contributed by atoms with Gasteiger partial charge in [-0.25, -0.2) is 0 Å². The average Bonchev–Trinajstić information content (AvgIpc) is 3.67. The number of carbonyl (C=O) groups is 1. The van der Waals surface area contributed by atoms with Crippen molar-refractivity contribution in [1.82, 2.24) is 20.0 Å². The van der Waals surface area contributed by atoms with E-state index in [9.17, 15) is 4.79 Å². The molecule has 198 valence electrons. The quantitative estimate of drug-likeness (QED) is 0.369. The molecule has 10 nitrogen and oxygen atoms in total. The van der Waals surface area contributed by atoms with Gasteiger partial charge in [0.2, 0.25) is 0 Å². The summed E-state index contributed by atoms with van der Waals surface area (Å²) >= 11 is 0. The van der Waals surface area contributed by atoms with Crippen LogP contribution in [0.15, 0.2) is 70.2 Å². The molecule has 10 heteroatoms. The Kier molecular flexibility index (Phi) is 6.16. The Bertz CT molecular complexity index is 1520. The molecular formula is C29H29N7O3. The molecule has 0 radical (unpaired) electrons. The number of hydrogen-bond donors (Lipinski definition) is 2. The molecule has 2 N–H and O–H groups in total. The number of ketones is 1. The van der Waals surface area contributed by atoms with Crippen LogP contribution in [-0.4, -0.2) is 56.9 Å². The second-order valence-corrected chi connectivity index (χ2v) is 10.3. The van der Waals surface area contributed by atoms with Gasteiger partial charge in [-0.3, -0.25) is 14.5 Å². The van der Waals surface area contributed by atoms with E-state index in [1.54, 1.807) is 0 Å². The lowest BCUT2D eigenvalue weighted by molar-refractivity contribution is -0.119. The molecule has 0 unspecified atom stereocenters. The van der Waals surface area contributed by atoms with Gasteiger partial charge in [-0.1, -0.05) is 59.7 Å². The van der Waals surface area contributed by atoms with E-state index in [1.165, 1.54) is 6.42 Å². The van der Waals surface area contributed by atoms with E-state index in [1.807, 2.05) is 65.5 Å². The molecular weight excluding hydrogens is 494 g/mol. The van der Waals surface area contributed by atoms with Crippen molar-refractivity contribution in [3.05, 3.63) is 77.5 Å². The first-order valence-electron chi connectivity index (χ1n) is 13.5. The Hall–Kier alpha value is -4.31. The molecule has 2 aromatic carbocycles. The first-order valence-corrected chi connectivity index (χ1v) is 13.5. The second-order valence-electron chi connectivity index (χ2n) is 10.3. The molecule has 0 amide bonds. The number of nitrogens with one attached hydrogen (secondary N) is 2. The maximum Gasteiger partial charge on any atom is 0.317 e. The van der Waals surface area contributed by atoms with Crippen LogP contribution in [0.4, 0.5) is 11.8 Å². The van der Waals surface area contributed by atoms with E-state index in [0.717, 1.165) is 53.8 Å². The van der Waals surface area contributed by atoms with Crippen LogP contribution in [0.25, 0.3) is 11.5 Å². The summed E-state index contributed by atoms with van der Waals surface area (Å²) in [5.41, 5.74) is 4.31. The number of aromatic nitrogens is 4. The zero-order chi connectivity index (χ0) is 26.2. The van der Waals surface area contributed by atoms with Gasteiger partial charge in [0.15, 0.2) is 17.8 Å². The number of rotatable bonds is 7. The maximum atomic E-state index is 13.3. The number of fused-ring (bicyclic) bond motifs is 1. The lowest BCUT2D eigenvalue weighted by atomic mass is 9.93.